The second-order valence-electron chi connectivity index (χ2n) is 9.54. The molecule has 10 nitrogen and oxygen atoms in total. The van der Waals surface area contributed by atoms with Crippen LogP contribution in [0, 0.1) is 5.92 Å². The van der Waals surface area contributed by atoms with Crippen molar-refractivity contribution in [3.8, 4) is 22.5 Å². The smallest absolute Gasteiger partial charge is 0.256 e. The molecule has 1 saturated carbocycles. The number of rotatable bonds is 5. The number of aromatic nitrogens is 5. The zero-order valence-corrected chi connectivity index (χ0v) is 20.5. The van der Waals surface area contributed by atoms with Crippen LogP contribution in [0.3, 0.4) is 0 Å². The largest absolute Gasteiger partial charge is 0.381 e. The predicted molar refractivity (Wildman–Crippen MR) is 130 cm³/mol. The highest BCUT2D eigenvalue weighted by Crippen LogP contribution is 2.41. The first-order chi connectivity index (χ1) is 16.6. The van der Waals surface area contributed by atoms with E-state index in [0.717, 1.165) is 24.7 Å². The van der Waals surface area contributed by atoms with Crippen molar-refractivity contribution in [3.05, 3.63) is 48.0 Å². The van der Waals surface area contributed by atoms with Crippen LogP contribution >= 0.6 is 0 Å². The molecule has 3 aromatic heterocycles. The fourth-order valence-electron chi connectivity index (χ4n) is 4.96. The van der Waals surface area contributed by atoms with Gasteiger partial charge >= 0.3 is 0 Å². The summed E-state index contributed by atoms with van der Waals surface area (Å²) in [7, 11) is -1.84. The number of carbonyl (C=O) groups excluding carboxylic acids is 1. The zero-order valence-electron chi connectivity index (χ0n) is 19.6. The van der Waals surface area contributed by atoms with Crippen molar-refractivity contribution in [2.75, 3.05) is 12.0 Å². The molecule has 1 aliphatic carbocycles. The third-order valence-corrected chi connectivity index (χ3v) is 8.13. The Morgan fingerprint density at radius 2 is 1.91 bits per heavy atom. The van der Waals surface area contributed by atoms with Crippen LogP contribution in [0.2, 0.25) is 0 Å². The minimum atomic E-state index is -3.66. The second-order valence-corrected chi connectivity index (χ2v) is 11.5. The van der Waals surface area contributed by atoms with Gasteiger partial charge in [-0.1, -0.05) is 0 Å². The molecule has 0 saturated heterocycles. The van der Waals surface area contributed by atoms with Gasteiger partial charge in [-0.3, -0.25) is 13.9 Å². The lowest BCUT2D eigenvalue weighted by molar-refractivity contribution is 0.0694. The molecule has 4 aromatic rings. The van der Waals surface area contributed by atoms with E-state index in [1.807, 2.05) is 32.4 Å². The topological polar surface area (TPSA) is 128 Å². The summed E-state index contributed by atoms with van der Waals surface area (Å²) >= 11 is 0. The van der Waals surface area contributed by atoms with Crippen LogP contribution < -0.4 is 5.73 Å². The first-order valence-electron chi connectivity index (χ1n) is 11.4. The molecule has 0 bridgehead atoms. The number of carbonyl (C=O) groups is 1. The van der Waals surface area contributed by atoms with Gasteiger partial charge in [0.05, 0.1) is 34.2 Å². The Morgan fingerprint density at radius 1 is 1.14 bits per heavy atom. The Morgan fingerprint density at radius 3 is 2.57 bits per heavy atom. The maximum atomic E-state index is 13.3. The molecule has 1 unspecified atom stereocenters. The monoisotopic (exact) mass is 491 g/mol. The predicted octanol–water partition coefficient (Wildman–Crippen LogP) is 2.54. The number of anilines is 1. The van der Waals surface area contributed by atoms with Crippen molar-refractivity contribution >= 4 is 27.2 Å². The summed E-state index contributed by atoms with van der Waals surface area (Å²) in [5.74, 6) is 0.521. The highest BCUT2D eigenvalue weighted by molar-refractivity contribution is 7.90. The van der Waals surface area contributed by atoms with Gasteiger partial charge in [0, 0.05) is 49.4 Å². The Bertz CT molecular complexity index is 1630. The average Bonchev–Trinajstić information content (AvgIpc) is 3.27. The first-order valence-corrected chi connectivity index (χ1v) is 13.3. The Kier molecular flexibility index (Phi) is 4.59. The molecule has 1 fully saturated rings. The van der Waals surface area contributed by atoms with Crippen molar-refractivity contribution in [2.24, 2.45) is 13.0 Å². The number of benzene rings is 1. The third-order valence-electron chi connectivity index (χ3n) is 7.01. The van der Waals surface area contributed by atoms with Gasteiger partial charge in [-0.15, -0.1) is 0 Å². The van der Waals surface area contributed by atoms with E-state index in [1.54, 1.807) is 32.4 Å². The number of hydrogen-bond acceptors (Lipinski definition) is 7. The van der Waals surface area contributed by atoms with Crippen LogP contribution in [-0.4, -0.2) is 55.7 Å². The third kappa shape index (κ3) is 3.49. The van der Waals surface area contributed by atoms with Crippen LogP contribution in [0.15, 0.2) is 41.8 Å². The van der Waals surface area contributed by atoms with Crippen LogP contribution in [0.5, 0.6) is 0 Å². The molecule has 6 rings (SSSR count). The molecule has 0 radical (unpaired) electrons. The second kappa shape index (κ2) is 7.38. The van der Waals surface area contributed by atoms with E-state index < -0.39 is 9.84 Å². The van der Waals surface area contributed by atoms with Crippen LogP contribution in [0.4, 0.5) is 5.82 Å². The lowest BCUT2D eigenvalue weighted by Gasteiger charge is -2.24. The van der Waals surface area contributed by atoms with E-state index in [1.165, 1.54) is 0 Å². The van der Waals surface area contributed by atoms with E-state index in [0.29, 0.717) is 40.6 Å². The summed E-state index contributed by atoms with van der Waals surface area (Å²) in [6.45, 7) is 2.44. The van der Waals surface area contributed by atoms with Gasteiger partial charge < -0.3 is 10.6 Å². The molecule has 1 amide bonds. The van der Waals surface area contributed by atoms with E-state index in [4.69, 9.17) is 5.73 Å². The van der Waals surface area contributed by atoms with Crippen molar-refractivity contribution in [1.29, 1.82) is 0 Å². The Hall–Kier alpha value is -3.73. The number of amides is 1. The highest BCUT2D eigenvalue weighted by atomic mass is 32.2. The van der Waals surface area contributed by atoms with Gasteiger partial charge in [0.1, 0.15) is 0 Å². The van der Waals surface area contributed by atoms with Gasteiger partial charge in [-0.2, -0.15) is 5.10 Å². The molecule has 2 aliphatic rings. The standard InChI is InChI=1S/C24H25N7O3S/c1-13(14-4-5-14)30-11-16-6-15(7-20(35(3,33)34)21(16)24(30)32)19-9-26-23-22(25)28-18(12-31(19)23)17-8-27-29(2)10-17/h6-10,12-14H,4-5,11H2,1-3H3,(H2,25,28). The van der Waals surface area contributed by atoms with Crippen LogP contribution in [-0.2, 0) is 23.4 Å². The lowest BCUT2D eigenvalue weighted by atomic mass is 10.0. The molecule has 11 heteroatoms. The summed E-state index contributed by atoms with van der Waals surface area (Å²) in [4.78, 5) is 24.1. The van der Waals surface area contributed by atoms with Crippen LogP contribution in [0.25, 0.3) is 28.2 Å². The van der Waals surface area contributed by atoms with E-state index in [2.05, 4.69) is 15.1 Å². The maximum Gasteiger partial charge on any atom is 0.256 e. The van der Waals surface area contributed by atoms with Crippen LogP contribution in [0.1, 0.15) is 35.7 Å². The average molecular weight is 492 g/mol. The first kappa shape index (κ1) is 21.8. The van der Waals surface area contributed by atoms with E-state index in [-0.39, 0.29) is 28.2 Å². The van der Waals surface area contributed by atoms with Crippen molar-refractivity contribution in [2.45, 2.75) is 37.2 Å². The number of hydrogen-bond donors (Lipinski definition) is 1. The number of fused-ring (bicyclic) bond motifs is 2. The number of nitrogen functional groups attached to an aromatic ring is 1. The minimum absolute atomic E-state index is 0.0463. The van der Waals surface area contributed by atoms with Gasteiger partial charge in [-0.05, 0) is 43.4 Å². The molecule has 180 valence electrons. The quantitative estimate of drug-likeness (QED) is 0.454. The summed E-state index contributed by atoms with van der Waals surface area (Å²) < 4.78 is 29.1. The fraction of sp³-hybridized carbons (Fsp3) is 0.333. The molecule has 1 aromatic carbocycles. The maximum absolute atomic E-state index is 13.3. The van der Waals surface area contributed by atoms with Crippen molar-refractivity contribution in [3.63, 3.8) is 0 Å². The van der Waals surface area contributed by atoms with Crippen molar-refractivity contribution < 1.29 is 13.2 Å². The van der Waals surface area contributed by atoms with Gasteiger partial charge in [-0.25, -0.2) is 18.4 Å². The molecule has 4 heterocycles. The number of aryl methyl sites for hydroxylation is 1. The van der Waals surface area contributed by atoms with E-state index in [9.17, 15) is 13.2 Å². The van der Waals surface area contributed by atoms with Gasteiger partial charge in [0.2, 0.25) is 0 Å². The van der Waals surface area contributed by atoms with Gasteiger partial charge in [0.15, 0.2) is 21.3 Å². The highest BCUT2D eigenvalue weighted by Gasteiger charge is 2.41. The summed E-state index contributed by atoms with van der Waals surface area (Å²) in [6.07, 6.45) is 10.3. The van der Waals surface area contributed by atoms with E-state index >= 15 is 0 Å². The summed E-state index contributed by atoms with van der Waals surface area (Å²) in [6, 6.07) is 3.54. The fourth-order valence-corrected chi connectivity index (χ4v) is 5.89. The number of imidazole rings is 1. The summed E-state index contributed by atoms with van der Waals surface area (Å²) in [5.41, 5.74) is 10.4. The lowest BCUT2D eigenvalue weighted by Crippen LogP contribution is -2.35. The Balaban J connectivity index is 1.52. The molecule has 35 heavy (non-hydrogen) atoms. The van der Waals surface area contributed by atoms with Gasteiger partial charge in [0.25, 0.3) is 5.91 Å². The number of nitrogens with two attached hydrogens (primary N) is 1. The SMILES string of the molecule is CC(C1CC1)N1Cc2cc(-c3cnc4c(N)nc(-c5cnn(C)c5)cn34)cc(S(C)(=O)=O)c2C1=O. The normalized spacial score (nSPS) is 16.8. The molecule has 2 N–H and O–H groups in total. The molecule has 0 spiro atoms. The summed E-state index contributed by atoms with van der Waals surface area (Å²) in [5, 5.41) is 4.20. The molecule has 1 atom stereocenters. The zero-order chi connectivity index (χ0) is 24.6. The number of sulfone groups is 1. The minimum Gasteiger partial charge on any atom is -0.381 e. The molecule has 1 aliphatic heterocycles. The molecular weight excluding hydrogens is 466 g/mol. The number of nitrogens with zero attached hydrogens (tertiary/aromatic N) is 6. The Labute approximate surface area is 202 Å². The van der Waals surface area contributed by atoms with Crippen molar-refractivity contribution in [1.82, 2.24) is 29.0 Å². The molecular formula is C24H25N7O3S.